The van der Waals surface area contributed by atoms with E-state index in [-0.39, 0.29) is 0 Å². The Morgan fingerprint density at radius 3 is 2.47 bits per heavy atom. The number of nitrogens with two attached hydrogens (primary N) is 1. The molecule has 0 aliphatic carbocycles. The van der Waals surface area contributed by atoms with Gasteiger partial charge in [0, 0.05) is 5.54 Å². The van der Waals surface area contributed by atoms with Crippen LogP contribution in [-0.2, 0) is 5.41 Å². The van der Waals surface area contributed by atoms with Gasteiger partial charge >= 0.3 is 0 Å². The zero-order valence-electron chi connectivity index (χ0n) is 10.5. The van der Waals surface area contributed by atoms with E-state index in [2.05, 4.69) is 10.1 Å². The van der Waals surface area contributed by atoms with Crippen LogP contribution < -0.4 is 5.73 Å². The number of nitrogens with zero attached hydrogens (tertiary/aromatic N) is 2. The first-order chi connectivity index (χ1) is 7.82. The lowest BCUT2D eigenvalue weighted by Gasteiger charge is -2.34. The van der Waals surface area contributed by atoms with Crippen molar-refractivity contribution >= 4 is 0 Å². The van der Waals surface area contributed by atoms with E-state index in [0.717, 1.165) is 0 Å². The zero-order valence-corrected chi connectivity index (χ0v) is 10.5. The van der Waals surface area contributed by atoms with Gasteiger partial charge in [-0.25, -0.2) is 0 Å². The predicted molar refractivity (Wildman–Crippen MR) is 63.3 cm³/mol. The van der Waals surface area contributed by atoms with Crippen molar-refractivity contribution in [3.8, 4) is 11.6 Å². The van der Waals surface area contributed by atoms with Crippen LogP contribution in [0.5, 0.6) is 0 Å². The molecule has 2 rings (SSSR count). The van der Waals surface area contributed by atoms with E-state index in [1.165, 1.54) is 0 Å². The molecule has 0 aromatic carbocycles. The second-order valence-corrected chi connectivity index (χ2v) is 5.25. The van der Waals surface area contributed by atoms with Crippen LogP contribution in [0.15, 0.2) is 27.3 Å². The Hall–Kier alpha value is -1.62. The van der Waals surface area contributed by atoms with Crippen molar-refractivity contribution in [3.05, 3.63) is 24.3 Å². The SMILES string of the molecule is CC(C)(N)C(C)(C)c1nc(-c2ccco2)no1. The molecule has 0 amide bonds. The van der Waals surface area contributed by atoms with Gasteiger partial charge in [0.15, 0.2) is 5.76 Å². The van der Waals surface area contributed by atoms with Crippen LogP contribution in [0.4, 0.5) is 0 Å². The highest BCUT2D eigenvalue weighted by atomic mass is 16.5. The molecule has 0 unspecified atom stereocenters. The summed E-state index contributed by atoms with van der Waals surface area (Å²) < 4.78 is 10.5. The van der Waals surface area contributed by atoms with Gasteiger partial charge in [-0.05, 0) is 39.8 Å². The smallest absolute Gasteiger partial charge is 0.238 e. The van der Waals surface area contributed by atoms with E-state index in [0.29, 0.717) is 17.5 Å². The first-order valence-electron chi connectivity index (χ1n) is 5.49. The van der Waals surface area contributed by atoms with Gasteiger partial charge in [0.25, 0.3) is 0 Å². The van der Waals surface area contributed by atoms with Crippen molar-refractivity contribution in [1.82, 2.24) is 10.1 Å². The molecule has 0 saturated heterocycles. The maximum absolute atomic E-state index is 6.12. The quantitative estimate of drug-likeness (QED) is 0.883. The summed E-state index contributed by atoms with van der Waals surface area (Å²) in [5.41, 5.74) is 5.25. The van der Waals surface area contributed by atoms with Crippen molar-refractivity contribution in [1.29, 1.82) is 0 Å². The normalized spacial score (nSPS) is 13.0. The Balaban J connectivity index is 2.37. The topological polar surface area (TPSA) is 78.1 Å². The minimum Gasteiger partial charge on any atom is -0.461 e. The van der Waals surface area contributed by atoms with Crippen LogP contribution in [0.2, 0.25) is 0 Å². The van der Waals surface area contributed by atoms with Gasteiger partial charge in [-0.2, -0.15) is 4.98 Å². The molecule has 2 heterocycles. The first kappa shape index (κ1) is 11.9. The molecular weight excluding hydrogens is 218 g/mol. The van der Waals surface area contributed by atoms with Crippen molar-refractivity contribution in [2.75, 3.05) is 0 Å². The molecule has 0 saturated carbocycles. The van der Waals surface area contributed by atoms with Gasteiger partial charge < -0.3 is 14.7 Å². The molecule has 5 heteroatoms. The van der Waals surface area contributed by atoms with Crippen LogP contribution in [0.25, 0.3) is 11.6 Å². The molecular formula is C12H17N3O2. The lowest BCUT2D eigenvalue weighted by molar-refractivity contribution is 0.223. The van der Waals surface area contributed by atoms with Gasteiger partial charge in [-0.1, -0.05) is 5.16 Å². The summed E-state index contributed by atoms with van der Waals surface area (Å²) in [6.07, 6.45) is 1.57. The Kier molecular flexibility index (Phi) is 2.58. The molecule has 0 bridgehead atoms. The largest absolute Gasteiger partial charge is 0.461 e. The third kappa shape index (κ3) is 1.98. The third-order valence-corrected chi connectivity index (χ3v) is 3.31. The van der Waals surface area contributed by atoms with Gasteiger partial charge in [0.05, 0.1) is 11.7 Å². The van der Waals surface area contributed by atoms with Crippen molar-refractivity contribution in [3.63, 3.8) is 0 Å². The fourth-order valence-electron chi connectivity index (χ4n) is 1.26. The molecule has 2 aromatic heterocycles. The summed E-state index contributed by atoms with van der Waals surface area (Å²) in [5.74, 6) is 1.55. The molecule has 2 aromatic rings. The number of hydrogen-bond acceptors (Lipinski definition) is 5. The number of furan rings is 1. The molecule has 0 spiro atoms. The highest BCUT2D eigenvalue weighted by molar-refractivity contribution is 5.45. The molecule has 0 radical (unpaired) electrons. The van der Waals surface area contributed by atoms with Crippen LogP contribution in [0, 0.1) is 0 Å². The predicted octanol–water partition coefficient (Wildman–Crippen LogP) is 2.34. The minimum atomic E-state index is -0.458. The van der Waals surface area contributed by atoms with Crippen LogP contribution in [-0.4, -0.2) is 15.7 Å². The standard InChI is InChI=1S/C12H17N3O2/c1-11(2,12(3,4)13)10-14-9(15-17-10)8-6-5-7-16-8/h5-7H,13H2,1-4H3. The van der Waals surface area contributed by atoms with Gasteiger partial charge in [0.2, 0.25) is 11.7 Å². The van der Waals surface area contributed by atoms with E-state index in [9.17, 15) is 0 Å². The van der Waals surface area contributed by atoms with Crippen molar-refractivity contribution < 1.29 is 8.94 Å². The lowest BCUT2D eigenvalue weighted by atomic mass is 9.75. The first-order valence-corrected chi connectivity index (χ1v) is 5.49. The summed E-state index contributed by atoms with van der Waals surface area (Å²) in [6, 6.07) is 3.57. The van der Waals surface area contributed by atoms with Crippen LogP contribution in [0.3, 0.4) is 0 Å². The maximum atomic E-state index is 6.12. The highest BCUT2D eigenvalue weighted by Crippen LogP contribution is 2.32. The van der Waals surface area contributed by atoms with Crippen LogP contribution >= 0.6 is 0 Å². The molecule has 0 atom stereocenters. The van der Waals surface area contributed by atoms with E-state index >= 15 is 0 Å². The average Bonchev–Trinajstić information content (AvgIpc) is 2.87. The second kappa shape index (κ2) is 3.70. The van der Waals surface area contributed by atoms with E-state index in [4.69, 9.17) is 14.7 Å². The second-order valence-electron chi connectivity index (χ2n) is 5.25. The fourth-order valence-corrected chi connectivity index (χ4v) is 1.26. The molecule has 5 nitrogen and oxygen atoms in total. The van der Waals surface area contributed by atoms with Gasteiger partial charge in [0.1, 0.15) is 0 Å². The van der Waals surface area contributed by atoms with Gasteiger partial charge in [-0.3, -0.25) is 0 Å². The Labute approximate surface area is 100.0 Å². The third-order valence-electron chi connectivity index (χ3n) is 3.31. The lowest BCUT2D eigenvalue weighted by Crippen LogP contribution is -2.50. The van der Waals surface area contributed by atoms with E-state index < -0.39 is 11.0 Å². The average molecular weight is 235 g/mol. The van der Waals surface area contributed by atoms with Crippen molar-refractivity contribution in [2.24, 2.45) is 5.73 Å². The molecule has 0 aliphatic rings. The summed E-state index contributed by atoms with van der Waals surface area (Å²) in [6.45, 7) is 7.83. The highest BCUT2D eigenvalue weighted by Gasteiger charge is 2.40. The van der Waals surface area contributed by atoms with Crippen LogP contribution in [0.1, 0.15) is 33.6 Å². The van der Waals surface area contributed by atoms with Crippen molar-refractivity contribution in [2.45, 2.75) is 38.6 Å². The summed E-state index contributed by atoms with van der Waals surface area (Å²) in [5, 5.41) is 3.90. The number of aromatic nitrogens is 2. The number of rotatable bonds is 3. The summed E-state index contributed by atoms with van der Waals surface area (Å²) in [7, 11) is 0. The molecule has 92 valence electrons. The zero-order chi connectivity index (χ0) is 12.7. The maximum Gasteiger partial charge on any atom is 0.238 e. The van der Waals surface area contributed by atoms with E-state index in [1.54, 1.807) is 18.4 Å². The molecule has 0 aliphatic heterocycles. The Bertz CT molecular complexity index is 492. The summed E-state index contributed by atoms with van der Waals surface area (Å²) in [4.78, 5) is 4.34. The monoisotopic (exact) mass is 235 g/mol. The fraction of sp³-hybridized carbons (Fsp3) is 0.500. The van der Waals surface area contributed by atoms with E-state index in [1.807, 2.05) is 27.7 Å². The summed E-state index contributed by atoms with van der Waals surface area (Å²) >= 11 is 0. The van der Waals surface area contributed by atoms with Gasteiger partial charge in [-0.15, -0.1) is 0 Å². The minimum absolute atomic E-state index is 0.412. The Morgan fingerprint density at radius 2 is 1.94 bits per heavy atom. The molecule has 0 fully saturated rings. The Morgan fingerprint density at radius 1 is 1.24 bits per heavy atom. The number of hydrogen-bond donors (Lipinski definition) is 1. The molecule has 2 N–H and O–H groups in total. The molecule has 17 heavy (non-hydrogen) atoms.